The Morgan fingerprint density at radius 3 is 3.00 bits per heavy atom. The van der Waals surface area contributed by atoms with Crippen molar-refractivity contribution in [2.45, 2.75) is 12.5 Å². The highest BCUT2D eigenvalue weighted by atomic mass is 15.2. The van der Waals surface area contributed by atoms with Crippen LogP contribution < -0.4 is 16.4 Å². The average molecular weight is 178 g/mol. The van der Waals surface area contributed by atoms with Gasteiger partial charge in [-0.2, -0.15) is 0 Å². The summed E-state index contributed by atoms with van der Waals surface area (Å²) in [6, 6.07) is 2.22. The van der Waals surface area contributed by atoms with Gasteiger partial charge in [0.25, 0.3) is 0 Å². The molecule has 1 aromatic heterocycles. The fourth-order valence-corrected chi connectivity index (χ4v) is 1.69. The first-order valence-electron chi connectivity index (χ1n) is 4.47. The highest BCUT2D eigenvalue weighted by Gasteiger charge is 2.20. The molecule has 0 saturated carbocycles. The number of anilines is 2. The van der Waals surface area contributed by atoms with Gasteiger partial charge in [0.15, 0.2) is 0 Å². The second kappa shape index (κ2) is 3.22. The molecule has 1 atom stereocenters. The van der Waals surface area contributed by atoms with E-state index >= 15 is 0 Å². The molecule has 70 valence electrons. The third-order valence-corrected chi connectivity index (χ3v) is 2.39. The van der Waals surface area contributed by atoms with Gasteiger partial charge in [-0.15, -0.1) is 0 Å². The zero-order valence-electron chi connectivity index (χ0n) is 7.48. The molecule has 0 radical (unpaired) electrons. The summed E-state index contributed by atoms with van der Waals surface area (Å²) in [4.78, 5) is 6.16. The van der Waals surface area contributed by atoms with Crippen LogP contribution >= 0.6 is 0 Å². The Bertz CT molecular complexity index is 299. The Morgan fingerprint density at radius 1 is 1.54 bits per heavy atom. The zero-order valence-corrected chi connectivity index (χ0v) is 7.48. The summed E-state index contributed by atoms with van der Waals surface area (Å²) in [5.74, 6) is 0. The quantitative estimate of drug-likeness (QED) is 0.644. The maximum atomic E-state index is 5.81. The average Bonchev–Trinajstić information content (AvgIpc) is 2.53. The van der Waals surface area contributed by atoms with Crippen molar-refractivity contribution in [2.75, 3.05) is 23.7 Å². The predicted octanol–water partition coefficient (Wildman–Crippen LogP) is 0.201. The molecule has 0 spiro atoms. The van der Waals surface area contributed by atoms with Crippen LogP contribution in [0.4, 0.5) is 11.4 Å². The van der Waals surface area contributed by atoms with Gasteiger partial charge in [-0.05, 0) is 12.5 Å². The summed E-state index contributed by atoms with van der Waals surface area (Å²) >= 11 is 0. The van der Waals surface area contributed by atoms with Crippen LogP contribution in [-0.2, 0) is 0 Å². The van der Waals surface area contributed by atoms with Gasteiger partial charge in [0.1, 0.15) is 0 Å². The maximum Gasteiger partial charge on any atom is 0.0738 e. The second-order valence-electron chi connectivity index (χ2n) is 3.43. The maximum absolute atomic E-state index is 5.81. The van der Waals surface area contributed by atoms with Crippen LogP contribution in [-0.4, -0.2) is 24.1 Å². The summed E-state index contributed by atoms with van der Waals surface area (Å²) in [6.07, 6.45) is 4.48. The van der Waals surface area contributed by atoms with E-state index in [1.807, 2.05) is 6.07 Å². The first-order valence-corrected chi connectivity index (χ1v) is 4.47. The van der Waals surface area contributed by atoms with E-state index in [1.165, 1.54) is 0 Å². The van der Waals surface area contributed by atoms with Crippen molar-refractivity contribution in [3.63, 3.8) is 0 Å². The van der Waals surface area contributed by atoms with E-state index in [1.54, 1.807) is 12.4 Å². The van der Waals surface area contributed by atoms with E-state index in [-0.39, 0.29) is 6.04 Å². The molecule has 2 rings (SSSR count). The topological polar surface area (TPSA) is 68.2 Å². The number of pyridine rings is 1. The molecule has 0 bridgehead atoms. The molecule has 13 heavy (non-hydrogen) atoms. The van der Waals surface area contributed by atoms with Gasteiger partial charge in [-0.1, -0.05) is 0 Å². The summed E-state index contributed by atoms with van der Waals surface area (Å²) in [6.45, 7) is 1.89. The van der Waals surface area contributed by atoms with Crippen LogP contribution in [0.1, 0.15) is 6.42 Å². The standard InChI is InChI=1S/C9H14N4/c10-7-2-4-13(6-7)9-1-3-12-5-8(9)11/h1,3,5,7H,2,4,6,10-11H2/t7-/m1/s1. The van der Waals surface area contributed by atoms with E-state index < -0.39 is 0 Å². The monoisotopic (exact) mass is 178 g/mol. The minimum atomic E-state index is 0.285. The Balaban J connectivity index is 2.21. The number of rotatable bonds is 1. The van der Waals surface area contributed by atoms with Crippen molar-refractivity contribution in [3.8, 4) is 0 Å². The molecular weight excluding hydrogens is 164 g/mol. The lowest BCUT2D eigenvalue weighted by molar-refractivity contribution is 0.752. The Kier molecular flexibility index (Phi) is 2.06. The van der Waals surface area contributed by atoms with E-state index in [4.69, 9.17) is 11.5 Å². The summed E-state index contributed by atoms with van der Waals surface area (Å²) < 4.78 is 0. The smallest absolute Gasteiger partial charge is 0.0738 e. The summed E-state index contributed by atoms with van der Waals surface area (Å²) in [5.41, 5.74) is 13.4. The van der Waals surface area contributed by atoms with Crippen LogP contribution in [0.2, 0.25) is 0 Å². The van der Waals surface area contributed by atoms with Crippen molar-refractivity contribution < 1.29 is 0 Å². The van der Waals surface area contributed by atoms with Gasteiger partial charge in [0, 0.05) is 25.3 Å². The van der Waals surface area contributed by atoms with Gasteiger partial charge < -0.3 is 16.4 Å². The van der Waals surface area contributed by atoms with Gasteiger partial charge in [-0.25, -0.2) is 0 Å². The molecule has 0 aromatic carbocycles. The fourth-order valence-electron chi connectivity index (χ4n) is 1.69. The molecule has 4 nitrogen and oxygen atoms in total. The minimum absolute atomic E-state index is 0.285. The van der Waals surface area contributed by atoms with Gasteiger partial charge >= 0.3 is 0 Å². The predicted molar refractivity (Wildman–Crippen MR) is 53.5 cm³/mol. The lowest BCUT2D eigenvalue weighted by atomic mass is 10.3. The molecule has 4 heteroatoms. The Morgan fingerprint density at radius 2 is 2.38 bits per heavy atom. The molecule has 1 saturated heterocycles. The molecule has 0 amide bonds. The Hall–Kier alpha value is -1.29. The van der Waals surface area contributed by atoms with Crippen molar-refractivity contribution in [1.82, 2.24) is 4.98 Å². The molecular formula is C9H14N4. The fraction of sp³-hybridized carbons (Fsp3) is 0.444. The highest BCUT2D eigenvalue weighted by molar-refractivity contribution is 5.66. The molecule has 0 aliphatic carbocycles. The van der Waals surface area contributed by atoms with Crippen LogP contribution in [0.5, 0.6) is 0 Å². The highest BCUT2D eigenvalue weighted by Crippen LogP contribution is 2.24. The third-order valence-electron chi connectivity index (χ3n) is 2.39. The number of nitrogens with zero attached hydrogens (tertiary/aromatic N) is 2. The van der Waals surface area contributed by atoms with E-state index in [0.29, 0.717) is 0 Å². The van der Waals surface area contributed by atoms with Crippen LogP contribution in [0.15, 0.2) is 18.5 Å². The molecule has 1 aromatic rings. The normalized spacial score (nSPS) is 22.2. The first kappa shape index (κ1) is 8.31. The molecule has 1 aliphatic heterocycles. The number of hydrogen-bond donors (Lipinski definition) is 2. The van der Waals surface area contributed by atoms with Crippen LogP contribution in [0, 0.1) is 0 Å². The third kappa shape index (κ3) is 1.58. The largest absolute Gasteiger partial charge is 0.396 e. The van der Waals surface area contributed by atoms with Gasteiger partial charge in [0.05, 0.1) is 17.6 Å². The van der Waals surface area contributed by atoms with Crippen molar-refractivity contribution >= 4 is 11.4 Å². The van der Waals surface area contributed by atoms with Crippen molar-refractivity contribution in [2.24, 2.45) is 5.73 Å². The molecule has 1 fully saturated rings. The zero-order chi connectivity index (χ0) is 9.26. The molecule has 1 aliphatic rings. The second-order valence-corrected chi connectivity index (χ2v) is 3.43. The number of nitrogens with two attached hydrogens (primary N) is 2. The minimum Gasteiger partial charge on any atom is -0.396 e. The summed E-state index contributed by atoms with van der Waals surface area (Å²) in [7, 11) is 0. The lowest BCUT2D eigenvalue weighted by Gasteiger charge is -2.19. The number of aromatic nitrogens is 1. The first-order chi connectivity index (χ1) is 6.27. The van der Waals surface area contributed by atoms with Crippen LogP contribution in [0.25, 0.3) is 0 Å². The van der Waals surface area contributed by atoms with Crippen molar-refractivity contribution in [3.05, 3.63) is 18.5 Å². The summed E-state index contributed by atoms with van der Waals surface area (Å²) in [5, 5.41) is 0. The number of nitrogen functional groups attached to an aromatic ring is 1. The van der Waals surface area contributed by atoms with E-state index in [9.17, 15) is 0 Å². The Labute approximate surface area is 77.5 Å². The van der Waals surface area contributed by atoms with Crippen LogP contribution in [0.3, 0.4) is 0 Å². The van der Waals surface area contributed by atoms with E-state index in [0.717, 1.165) is 30.9 Å². The number of hydrogen-bond acceptors (Lipinski definition) is 4. The molecule has 0 unspecified atom stereocenters. The lowest BCUT2D eigenvalue weighted by Crippen LogP contribution is -2.26. The van der Waals surface area contributed by atoms with Gasteiger partial charge in [0.2, 0.25) is 0 Å². The van der Waals surface area contributed by atoms with E-state index in [2.05, 4.69) is 9.88 Å². The molecule has 4 N–H and O–H groups in total. The van der Waals surface area contributed by atoms with Gasteiger partial charge in [-0.3, -0.25) is 4.98 Å². The molecule has 2 heterocycles. The SMILES string of the molecule is Nc1cnccc1N1CC[C@@H](N)C1. The van der Waals surface area contributed by atoms with Crippen molar-refractivity contribution in [1.29, 1.82) is 0 Å².